The topological polar surface area (TPSA) is 32.6 Å². The Labute approximate surface area is 64.0 Å². The van der Waals surface area contributed by atoms with Gasteiger partial charge in [0, 0.05) is 6.20 Å². The fourth-order valence-corrected chi connectivity index (χ4v) is 1.07. The lowest BCUT2D eigenvalue weighted by Crippen LogP contribution is -2.22. The van der Waals surface area contributed by atoms with Gasteiger partial charge in [0.25, 0.3) is 5.65 Å². The average molecular weight is 146 g/mol. The number of rotatable bonds is 1. The van der Waals surface area contributed by atoms with Gasteiger partial charge in [0.05, 0.1) is 6.20 Å². The van der Waals surface area contributed by atoms with Gasteiger partial charge >= 0.3 is 0 Å². The van der Waals surface area contributed by atoms with Gasteiger partial charge in [-0.1, -0.05) is 6.58 Å². The zero-order valence-corrected chi connectivity index (χ0v) is 5.99. The zero-order valence-electron chi connectivity index (χ0n) is 5.99. The Morgan fingerprint density at radius 2 is 2.55 bits per heavy atom. The minimum absolute atomic E-state index is 0.882. The van der Waals surface area contributed by atoms with Crippen LogP contribution in [0.25, 0.3) is 17.4 Å². The molecule has 0 atom stereocenters. The Morgan fingerprint density at radius 3 is 3.36 bits per heavy atom. The van der Waals surface area contributed by atoms with Crippen molar-refractivity contribution in [1.82, 2.24) is 9.97 Å². The van der Waals surface area contributed by atoms with Gasteiger partial charge in [-0.15, -0.1) is 0 Å². The number of hydrogen-bond donors (Lipinski definition) is 1. The molecule has 2 aromatic rings. The molecular formula is C8H8N3+. The Hall–Kier alpha value is -1.64. The third-order valence-corrected chi connectivity index (χ3v) is 1.60. The molecule has 11 heavy (non-hydrogen) atoms. The van der Waals surface area contributed by atoms with Crippen molar-refractivity contribution in [2.24, 2.45) is 0 Å². The maximum absolute atomic E-state index is 4.13. The molecule has 0 spiro atoms. The molecule has 0 unspecified atom stereocenters. The summed E-state index contributed by atoms with van der Waals surface area (Å²) in [7, 11) is 0. The molecule has 2 rings (SSSR count). The van der Waals surface area contributed by atoms with E-state index < -0.39 is 0 Å². The Kier molecular flexibility index (Phi) is 1.22. The van der Waals surface area contributed by atoms with E-state index in [0.29, 0.717) is 0 Å². The predicted molar refractivity (Wildman–Crippen MR) is 42.7 cm³/mol. The van der Waals surface area contributed by atoms with Crippen LogP contribution < -0.4 is 4.57 Å². The summed E-state index contributed by atoms with van der Waals surface area (Å²) in [6.07, 6.45) is 5.32. The number of aromatic nitrogens is 3. The zero-order chi connectivity index (χ0) is 7.68. The van der Waals surface area contributed by atoms with Gasteiger partial charge in [-0.2, -0.15) is 0 Å². The Bertz CT molecular complexity index is 389. The van der Waals surface area contributed by atoms with Crippen LogP contribution in [-0.2, 0) is 0 Å². The summed E-state index contributed by atoms with van der Waals surface area (Å²) in [5.74, 6) is 0. The molecule has 54 valence electrons. The van der Waals surface area contributed by atoms with Crippen molar-refractivity contribution >= 4 is 17.4 Å². The van der Waals surface area contributed by atoms with E-state index in [1.165, 1.54) is 0 Å². The smallest absolute Gasteiger partial charge is 0.227 e. The summed E-state index contributed by atoms with van der Waals surface area (Å²) in [6, 6.07) is 3.89. The highest BCUT2D eigenvalue weighted by molar-refractivity contribution is 5.65. The first-order valence-electron chi connectivity index (χ1n) is 3.37. The van der Waals surface area contributed by atoms with E-state index in [1.807, 2.05) is 23.0 Å². The second-order valence-electron chi connectivity index (χ2n) is 2.23. The van der Waals surface area contributed by atoms with Gasteiger partial charge in [0.2, 0.25) is 6.33 Å². The van der Waals surface area contributed by atoms with Gasteiger partial charge in [0.15, 0.2) is 5.52 Å². The highest BCUT2D eigenvalue weighted by Gasteiger charge is 2.04. The van der Waals surface area contributed by atoms with Crippen LogP contribution in [0.15, 0.2) is 31.2 Å². The van der Waals surface area contributed by atoms with Crippen molar-refractivity contribution < 1.29 is 4.57 Å². The van der Waals surface area contributed by atoms with Crippen molar-refractivity contribution in [2.45, 2.75) is 0 Å². The Balaban J connectivity index is 2.86. The number of nitrogens with zero attached hydrogens (tertiary/aromatic N) is 2. The summed E-state index contributed by atoms with van der Waals surface area (Å²) >= 11 is 0. The molecule has 0 amide bonds. The Morgan fingerprint density at radius 1 is 1.64 bits per heavy atom. The van der Waals surface area contributed by atoms with Gasteiger partial charge in [-0.3, -0.25) is 0 Å². The van der Waals surface area contributed by atoms with Crippen LogP contribution in [0.2, 0.25) is 0 Å². The molecular weight excluding hydrogens is 138 g/mol. The molecule has 0 saturated heterocycles. The summed E-state index contributed by atoms with van der Waals surface area (Å²) in [4.78, 5) is 7.15. The van der Waals surface area contributed by atoms with E-state index in [0.717, 1.165) is 11.2 Å². The molecule has 2 heterocycles. The van der Waals surface area contributed by atoms with Gasteiger partial charge in [-0.25, -0.2) is 14.5 Å². The van der Waals surface area contributed by atoms with Crippen LogP contribution in [-0.4, -0.2) is 9.97 Å². The molecule has 0 aliphatic rings. The number of pyridine rings is 1. The molecule has 0 saturated carbocycles. The van der Waals surface area contributed by atoms with E-state index in [1.54, 1.807) is 12.4 Å². The minimum Gasteiger partial charge on any atom is -0.227 e. The fourth-order valence-electron chi connectivity index (χ4n) is 1.07. The van der Waals surface area contributed by atoms with E-state index in [-0.39, 0.29) is 0 Å². The van der Waals surface area contributed by atoms with E-state index in [9.17, 15) is 0 Å². The molecule has 3 nitrogen and oxygen atoms in total. The lowest BCUT2D eigenvalue weighted by molar-refractivity contribution is -0.538. The van der Waals surface area contributed by atoms with Crippen LogP contribution in [0, 0.1) is 0 Å². The number of H-pyrrole nitrogens is 1. The minimum atomic E-state index is 0.882. The SMILES string of the molecule is C=C[n+]1c[nH]c2ncccc21. The third-order valence-electron chi connectivity index (χ3n) is 1.60. The first-order valence-corrected chi connectivity index (χ1v) is 3.37. The molecule has 2 aromatic heterocycles. The number of imidazole rings is 1. The van der Waals surface area contributed by atoms with Crippen LogP contribution in [0.5, 0.6) is 0 Å². The maximum Gasteiger partial charge on any atom is 0.266 e. The first kappa shape index (κ1) is 6.09. The molecule has 0 radical (unpaired) electrons. The quantitative estimate of drug-likeness (QED) is 0.597. The summed E-state index contributed by atoms with van der Waals surface area (Å²) in [5, 5.41) is 0. The second-order valence-corrected chi connectivity index (χ2v) is 2.23. The van der Waals surface area contributed by atoms with Crippen molar-refractivity contribution in [3.8, 4) is 0 Å². The normalized spacial score (nSPS) is 10.2. The van der Waals surface area contributed by atoms with Gasteiger partial charge in [-0.05, 0) is 12.1 Å². The third kappa shape index (κ3) is 0.816. The lowest BCUT2D eigenvalue weighted by atomic mass is 10.4. The van der Waals surface area contributed by atoms with Crippen LogP contribution in [0.3, 0.4) is 0 Å². The van der Waals surface area contributed by atoms with Crippen molar-refractivity contribution in [3.05, 3.63) is 31.2 Å². The largest absolute Gasteiger partial charge is 0.266 e. The average Bonchev–Trinajstić information content (AvgIpc) is 2.47. The molecule has 0 aliphatic heterocycles. The molecule has 0 bridgehead atoms. The summed E-state index contributed by atoms with van der Waals surface area (Å²) < 4.78 is 1.89. The van der Waals surface area contributed by atoms with Crippen LogP contribution in [0.4, 0.5) is 0 Å². The number of nitrogens with one attached hydrogen (secondary N) is 1. The molecule has 0 aliphatic carbocycles. The van der Waals surface area contributed by atoms with Crippen LogP contribution in [0.1, 0.15) is 0 Å². The van der Waals surface area contributed by atoms with Crippen molar-refractivity contribution in [1.29, 1.82) is 0 Å². The van der Waals surface area contributed by atoms with Crippen molar-refractivity contribution in [2.75, 3.05) is 0 Å². The molecule has 3 heteroatoms. The molecule has 0 aromatic carbocycles. The summed E-state index contributed by atoms with van der Waals surface area (Å²) in [6.45, 7) is 3.67. The monoisotopic (exact) mass is 146 g/mol. The maximum atomic E-state index is 4.13. The summed E-state index contributed by atoms with van der Waals surface area (Å²) in [5.41, 5.74) is 1.93. The van der Waals surface area contributed by atoms with E-state index in [2.05, 4.69) is 16.5 Å². The van der Waals surface area contributed by atoms with Crippen LogP contribution >= 0.6 is 0 Å². The highest BCUT2D eigenvalue weighted by Crippen LogP contribution is 2.00. The number of hydrogen-bond acceptors (Lipinski definition) is 1. The van der Waals surface area contributed by atoms with Gasteiger partial charge in [0.1, 0.15) is 0 Å². The first-order chi connectivity index (χ1) is 5.42. The second kappa shape index (κ2) is 2.20. The van der Waals surface area contributed by atoms with E-state index in [4.69, 9.17) is 0 Å². The predicted octanol–water partition coefficient (Wildman–Crippen LogP) is 0.951. The van der Waals surface area contributed by atoms with Crippen molar-refractivity contribution in [3.63, 3.8) is 0 Å². The van der Waals surface area contributed by atoms with E-state index >= 15 is 0 Å². The molecule has 1 N–H and O–H groups in total. The standard InChI is InChI=1S/C8H7N3/c1-2-11-6-10-8-7(11)4-3-5-9-8/h2-6H,1H2/p+1. The highest BCUT2D eigenvalue weighted by atomic mass is 15.1. The number of aromatic amines is 1. The number of fused-ring (bicyclic) bond motifs is 1. The van der Waals surface area contributed by atoms with Gasteiger partial charge < -0.3 is 0 Å². The lowest BCUT2D eigenvalue weighted by Gasteiger charge is -1.83. The molecule has 0 fully saturated rings. The fraction of sp³-hybridized carbons (Fsp3) is 0.